The lowest BCUT2D eigenvalue weighted by Gasteiger charge is -2.16. The van der Waals surface area contributed by atoms with E-state index in [0.29, 0.717) is 22.9 Å². The number of amides is 1. The largest absolute Gasteiger partial charge is 0.370 e. The van der Waals surface area contributed by atoms with E-state index >= 15 is 0 Å². The average molecular weight is 278 g/mol. The first-order chi connectivity index (χ1) is 9.08. The second-order valence-electron chi connectivity index (χ2n) is 4.97. The molecule has 1 aliphatic rings. The van der Waals surface area contributed by atoms with Gasteiger partial charge >= 0.3 is 0 Å². The Morgan fingerprint density at radius 2 is 2.37 bits per heavy atom. The van der Waals surface area contributed by atoms with Crippen molar-refractivity contribution in [1.82, 2.24) is 4.90 Å². The number of likely N-dealkylation sites (tertiary alicyclic amines) is 1. The number of nitrogens with zero attached hydrogens (tertiary/aromatic N) is 2. The third kappa shape index (κ3) is 3.69. The Morgan fingerprint density at radius 1 is 1.58 bits per heavy atom. The molecule has 5 heteroatoms. The molecule has 2 rings (SSSR count). The second kappa shape index (κ2) is 6.05. The van der Waals surface area contributed by atoms with E-state index < -0.39 is 0 Å². The van der Waals surface area contributed by atoms with Gasteiger partial charge in [0, 0.05) is 24.5 Å². The molecule has 1 aromatic carbocycles. The molecule has 1 atom stereocenters. The number of rotatable bonds is 4. The van der Waals surface area contributed by atoms with Crippen LogP contribution in [0.1, 0.15) is 24.0 Å². The number of carbonyl (C=O) groups excluding carboxylic acids is 1. The minimum Gasteiger partial charge on any atom is -0.370 e. The van der Waals surface area contributed by atoms with Gasteiger partial charge in [-0.05, 0) is 36.6 Å². The zero-order chi connectivity index (χ0) is 13.8. The highest BCUT2D eigenvalue weighted by Crippen LogP contribution is 2.23. The molecular weight excluding hydrogens is 262 g/mol. The third-order valence-electron chi connectivity index (χ3n) is 3.45. The van der Waals surface area contributed by atoms with Gasteiger partial charge in [-0.25, -0.2) is 0 Å². The van der Waals surface area contributed by atoms with Crippen LogP contribution in [0.15, 0.2) is 18.2 Å². The van der Waals surface area contributed by atoms with Crippen LogP contribution in [0, 0.1) is 17.2 Å². The van der Waals surface area contributed by atoms with Crippen molar-refractivity contribution in [3.8, 4) is 6.07 Å². The maximum atomic E-state index is 10.9. The summed E-state index contributed by atoms with van der Waals surface area (Å²) in [5, 5.41) is 9.68. The molecular formula is C14H16ClN3O. The molecule has 0 spiro atoms. The standard InChI is InChI=1S/C14H16ClN3O/c15-13-2-1-11(12(6-13)7-16)9-18-4-3-10(8-18)5-14(17)19/h1-2,6,10H,3-5,8-9H2,(H2,17,19). The maximum Gasteiger partial charge on any atom is 0.217 e. The molecule has 1 amide bonds. The minimum atomic E-state index is -0.240. The number of nitriles is 1. The molecule has 100 valence electrons. The fourth-order valence-corrected chi connectivity index (χ4v) is 2.71. The first kappa shape index (κ1) is 13.9. The van der Waals surface area contributed by atoms with Gasteiger partial charge in [0.2, 0.25) is 5.91 Å². The van der Waals surface area contributed by atoms with E-state index in [0.717, 1.165) is 31.6 Å². The van der Waals surface area contributed by atoms with Crippen molar-refractivity contribution in [2.75, 3.05) is 13.1 Å². The van der Waals surface area contributed by atoms with Gasteiger partial charge in [0.15, 0.2) is 0 Å². The molecule has 1 saturated heterocycles. The summed E-state index contributed by atoms with van der Waals surface area (Å²) < 4.78 is 0. The summed E-state index contributed by atoms with van der Waals surface area (Å²) >= 11 is 5.88. The summed E-state index contributed by atoms with van der Waals surface area (Å²) in [4.78, 5) is 13.2. The molecule has 19 heavy (non-hydrogen) atoms. The number of benzene rings is 1. The number of nitrogens with two attached hydrogens (primary N) is 1. The average Bonchev–Trinajstić information content (AvgIpc) is 2.78. The molecule has 1 heterocycles. The van der Waals surface area contributed by atoms with Crippen LogP contribution in [0.3, 0.4) is 0 Å². The van der Waals surface area contributed by atoms with E-state index in [1.54, 1.807) is 12.1 Å². The van der Waals surface area contributed by atoms with E-state index in [4.69, 9.17) is 22.6 Å². The van der Waals surface area contributed by atoms with E-state index in [1.807, 2.05) is 6.07 Å². The van der Waals surface area contributed by atoms with Crippen molar-refractivity contribution in [2.45, 2.75) is 19.4 Å². The van der Waals surface area contributed by atoms with Crippen LogP contribution in [0.4, 0.5) is 0 Å². The van der Waals surface area contributed by atoms with E-state index in [-0.39, 0.29) is 5.91 Å². The van der Waals surface area contributed by atoms with Crippen LogP contribution in [-0.2, 0) is 11.3 Å². The summed E-state index contributed by atoms with van der Waals surface area (Å²) in [6.07, 6.45) is 1.43. The molecule has 2 N–H and O–H groups in total. The van der Waals surface area contributed by atoms with Crippen LogP contribution < -0.4 is 5.73 Å². The van der Waals surface area contributed by atoms with Crippen molar-refractivity contribution in [2.24, 2.45) is 11.7 Å². The Hall–Kier alpha value is -1.57. The maximum absolute atomic E-state index is 10.9. The van der Waals surface area contributed by atoms with Gasteiger partial charge < -0.3 is 5.73 Å². The lowest BCUT2D eigenvalue weighted by atomic mass is 10.1. The number of hydrogen-bond acceptors (Lipinski definition) is 3. The predicted octanol–water partition coefficient (Wildman–Crippen LogP) is 1.91. The minimum absolute atomic E-state index is 0.240. The highest BCUT2D eigenvalue weighted by molar-refractivity contribution is 6.30. The van der Waals surface area contributed by atoms with Crippen LogP contribution in [0.5, 0.6) is 0 Å². The Balaban J connectivity index is 2.00. The van der Waals surface area contributed by atoms with Gasteiger partial charge in [-0.1, -0.05) is 17.7 Å². The number of halogens is 1. The SMILES string of the molecule is N#Cc1cc(Cl)ccc1CN1CCC(CC(N)=O)C1. The highest BCUT2D eigenvalue weighted by atomic mass is 35.5. The number of hydrogen-bond donors (Lipinski definition) is 1. The van der Waals surface area contributed by atoms with Gasteiger partial charge in [0.25, 0.3) is 0 Å². The van der Waals surface area contributed by atoms with E-state index in [2.05, 4.69) is 11.0 Å². The van der Waals surface area contributed by atoms with Crippen LogP contribution >= 0.6 is 11.6 Å². The van der Waals surface area contributed by atoms with Gasteiger partial charge in [0.05, 0.1) is 11.6 Å². The molecule has 0 saturated carbocycles. The van der Waals surface area contributed by atoms with Crippen molar-refractivity contribution in [3.05, 3.63) is 34.3 Å². The van der Waals surface area contributed by atoms with Crippen LogP contribution in [-0.4, -0.2) is 23.9 Å². The van der Waals surface area contributed by atoms with E-state index in [9.17, 15) is 4.79 Å². The van der Waals surface area contributed by atoms with Crippen molar-refractivity contribution in [3.63, 3.8) is 0 Å². The molecule has 0 aromatic heterocycles. The Bertz CT molecular complexity index is 524. The molecule has 0 bridgehead atoms. The fraction of sp³-hybridized carbons (Fsp3) is 0.429. The summed E-state index contributed by atoms with van der Waals surface area (Å²) in [6.45, 7) is 2.51. The summed E-state index contributed by atoms with van der Waals surface area (Å²) in [7, 11) is 0. The molecule has 1 aliphatic heterocycles. The normalized spacial score (nSPS) is 19.3. The predicted molar refractivity (Wildman–Crippen MR) is 73.4 cm³/mol. The van der Waals surface area contributed by atoms with Gasteiger partial charge in [-0.2, -0.15) is 5.26 Å². The van der Waals surface area contributed by atoms with Crippen molar-refractivity contribution in [1.29, 1.82) is 5.26 Å². The molecule has 1 fully saturated rings. The molecule has 0 radical (unpaired) electrons. The van der Waals surface area contributed by atoms with Gasteiger partial charge in [0.1, 0.15) is 0 Å². The Morgan fingerprint density at radius 3 is 3.05 bits per heavy atom. The first-order valence-electron chi connectivity index (χ1n) is 6.27. The van der Waals surface area contributed by atoms with Crippen molar-refractivity contribution < 1.29 is 4.79 Å². The lowest BCUT2D eigenvalue weighted by Crippen LogP contribution is -2.22. The Kier molecular flexibility index (Phi) is 4.41. The topological polar surface area (TPSA) is 70.1 Å². The molecule has 1 unspecified atom stereocenters. The van der Waals surface area contributed by atoms with E-state index in [1.165, 1.54) is 0 Å². The highest BCUT2D eigenvalue weighted by Gasteiger charge is 2.24. The number of primary amides is 1. The van der Waals surface area contributed by atoms with Crippen molar-refractivity contribution >= 4 is 17.5 Å². The monoisotopic (exact) mass is 277 g/mol. The zero-order valence-electron chi connectivity index (χ0n) is 10.6. The first-order valence-corrected chi connectivity index (χ1v) is 6.65. The third-order valence-corrected chi connectivity index (χ3v) is 3.68. The smallest absolute Gasteiger partial charge is 0.217 e. The molecule has 1 aromatic rings. The summed E-state index contributed by atoms with van der Waals surface area (Å²) in [6, 6.07) is 7.55. The fourth-order valence-electron chi connectivity index (χ4n) is 2.54. The zero-order valence-corrected chi connectivity index (χ0v) is 11.4. The van der Waals surface area contributed by atoms with Gasteiger partial charge in [-0.3, -0.25) is 9.69 Å². The molecule has 4 nitrogen and oxygen atoms in total. The summed E-state index contributed by atoms with van der Waals surface area (Å²) in [5.41, 5.74) is 6.81. The summed E-state index contributed by atoms with van der Waals surface area (Å²) in [5.74, 6) is 0.103. The molecule has 0 aliphatic carbocycles. The lowest BCUT2D eigenvalue weighted by molar-refractivity contribution is -0.118. The second-order valence-corrected chi connectivity index (χ2v) is 5.41. The Labute approximate surface area is 117 Å². The number of carbonyl (C=O) groups is 1. The van der Waals surface area contributed by atoms with Gasteiger partial charge in [-0.15, -0.1) is 0 Å². The van der Waals surface area contributed by atoms with Crippen LogP contribution in [0.2, 0.25) is 5.02 Å². The quantitative estimate of drug-likeness (QED) is 0.914. The van der Waals surface area contributed by atoms with Crippen LogP contribution in [0.25, 0.3) is 0 Å².